The van der Waals surface area contributed by atoms with Crippen LogP contribution in [-0.2, 0) is 9.47 Å². The Balaban J connectivity index is 1.92. The summed E-state index contributed by atoms with van der Waals surface area (Å²) in [5.41, 5.74) is 2.06. The zero-order chi connectivity index (χ0) is 13.2. The van der Waals surface area contributed by atoms with Gasteiger partial charge in [0.2, 0.25) is 0 Å². The average molecular weight is 262 g/mol. The van der Waals surface area contributed by atoms with Crippen molar-refractivity contribution in [2.24, 2.45) is 0 Å². The van der Waals surface area contributed by atoms with Crippen molar-refractivity contribution in [2.45, 2.75) is 13.0 Å². The minimum atomic E-state index is 0.109. The van der Waals surface area contributed by atoms with Gasteiger partial charge in [-0.25, -0.2) is 4.98 Å². The Bertz CT molecular complexity index is 567. The highest BCUT2D eigenvalue weighted by molar-refractivity contribution is 5.53. The normalized spacial score (nSPS) is 20.1. The molecule has 6 heteroatoms. The second-order valence-corrected chi connectivity index (χ2v) is 4.82. The minimum absolute atomic E-state index is 0.109. The second kappa shape index (κ2) is 5.14. The molecule has 2 aromatic heterocycles. The van der Waals surface area contributed by atoms with Gasteiger partial charge in [0.25, 0.3) is 0 Å². The van der Waals surface area contributed by atoms with Gasteiger partial charge in [0.15, 0.2) is 5.65 Å². The zero-order valence-corrected chi connectivity index (χ0v) is 11.2. The first-order chi connectivity index (χ1) is 9.28. The third-order valence-electron chi connectivity index (χ3n) is 3.32. The third kappa shape index (κ3) is 2.41. The van der Waals surface area contributed by atoms with Gasteiger partial charge in [0, 0.05) is 20.2 Å². The maximum atomic E-state index is 5.68. The molecule has 0 radical (unpaired) electrons. The molecule has 2 aromatic rings. The summed E-state index contributed by atoms with van der Waals surface area (Å²) in [7, 11) is 1.70. The molecule has 6 nitrogen and oxygen atoms in total. The lowest BCUT2D eigenvalue weighted by atomic mass is 10.2. The van der Waals surface area contributed by atoms with Crippen molar-refractivity contribution in [3.05, 3.63) is 24.0 Å². The number of hydrogen-bond donors (Lipinski definition) is 0. The van der Waals surface area contributed by atoms with Crippen LogP contribution in [0.3, 0.4) is 0 Å². The van der Waals surface area contributed by atoms with Crippen LogP contribution in [0.1, 0.15) is 5.56 Å². The highest BCUT2D eigenvalue weighted by Gasteiger charge is 2.22. The quantitative estimate of drug-likeness (QED) is 0.822. The van der Waals surface area contributed by atoms with E-state index in [0.717, 1.165) is 24.6 Å². The molecule has 3 rings (SSSR count). The number of morpholine rings is 1. The maximum absolute atomic E-state index is 5.68. The van der Waals surface area contributed by atoms with Crippen LogP contribution >= 0.6 is 0 Å². The van der Waals surface area contributed by atoms with Gasteiger partial charge >= 0.3 is 0 Å². The number of aromatic nitrogens is 3. The van der Waals surface area contributed by atoms with Gasteiger partial charge in [-0.2, -0.15) is 9.61 Å². The Labute approximate surface area is 111 Å². The van der Waals surface area contributed by atoms with Crippen LogP contribution in [0.2, 0.25) is 0 Å². The van der Waals surface area contributed by atoms with E-state index in [-0.39, 0.29) is 6.10 Å². The lowest BCUT2D eigenvalue weighted by molar-refractivity contribution is -0.0103. The summed E-state index contributed by atoms with van der Waals surface area (Å²) in [6.45, 7) is 5.07. The fourth-order valence-corrected chi connectivity index (χ4v) is 2.47. The summed E-state index contributed by atoms with van der Waals surface area (Å²) in [5, 5.41) is 4.30. The number of aryl methyl sites for hydroxylation is 1. The highest BCUT2D eigenvalue weighted by atomic mass is 16.5. The fraction of sp³-hybridized carbons (Fsp3) is 0.538. The molecule has 102 valence electrons. The van der Waals surface area contributed by atoms with Crippen LogP contribution < -0.4 is 4.90 Å². The molecule has 1 fully saturated rings. The highest BCUT2D eigenvalue weighted by Crippen LogP contribution is 2.20. The average Bonchev–Trinajstić information content (AvgIpc) is 2.86. The van der Waals surface area contributed by atoms with Crippen molar-refractivity contribution in [3.8, 4) is 0 Å². The number of ether oxygens (including phenoxy) is 2. The van der Waals surface area contributed by atoms with Gasteiger partial charge in [-0.05, 0) is 24.6 Å². The maximum Gasteiger partial charge on any atom is 0.157 e. The van der Waals surface area contributed by atoms with Crippen molar-refractivity contribution >= 4 is 11.5 Å². The van der Waals surface area contributed by atoms with Gasteiger partial charge in [0.1, 0.15) is 12.1 Å². The van der Waals surface area contributed by atoms with Crippen LogP contribution in [0.4, 0.5) is 5.82 Å². The van der Waals surface area contributed by atoms with Crippen LogP contribution in [0.15, 0.2) is 18.5 Å². The van der Waals surface area contributed by atoms with Crippen molar-refractivity contribution in [2.75, 3.05) is 38.3 Å². The number of methoxy groups -OCH3 is 1. The van der Waals surface area contributed by atoms with Gasteiger partial charge < -0.3 is 14.4 Å². The zero-order valence-electron chi connectivity index (χ0n) is 11.2. The number of anilines is 1. The lowest BCUT2D eigenvalue weighted by Crippen LogP contribution is -2.45. The molecule has 1 unspecified atom stereocenters. The number of rotatable bonds is 3. The Morgan fingerprint density at radius 3 is 3.21 bits per heavy atom. The molecule has 0 bridgehead atoms. The molecule has 0 aromatic carbocycles. The monoisotopic (exact) mass is 262 g/mol. The molecule has 0 saturated carbocycles. The number of fused-ring (bicyclic) bond motifs is 1. The second-order valence-electron chi connectivity index (χ2n) is 4.82. The molecule has 0 N–H and O–H groups in total. The van der Waals surface area contributed by atoms with Crippen LogP contribution in [-0.4, -0.2) is 54.1 Å². The smallest absolute Gasteiger partial charge is 0.157 e. The third-order valence-corrected chi connectivity index (χ3v) is 3.32. The molecular weight excluding hydrogens is 244 g/mol. The van der Waals surface area contributed by atoms with E-state index in [2.05, 4.69) is 28.0 Å². The molecule has 1 aliphatic rings. The largest absolute Gasteiger partial charge is 0.382 e. The summed E-state index contributed by atoms with van der Waals surface area (Å²) in [6, 6.07) is 4.17. The van der Waals surface area contributed by atoms with Crippen LogP contribution in [0.5, 0.6) is 0 Å². The van der Waals surface area contributed by atoms with Gasteiger partial charge in [0.05, 0.1) is 19.3 Å². The Hall–Kier alpha value is -1.66. The van der Waals surface area contributed by atoms with Crippen LogP contribution in [0.25, 0.3) is 5.65 Å². The summed E-state index contributed by atoms with van der Waals surface area (Å²) in [4.78, 5) is 6.54. The number of hydrogen-bond acceptors (Lipinski definition) is 5. The molecule has 3 heterocycles. The number of pyridine rings is 1. The minimum Gasteiger partial charge on any atom is -0.382 e. The standard InChI is InChI=1S/C13H18N4O2/c1-10-5-12-14-9-15-17(12)13(6-10)16-3-4-19-11(7-16)8-18-2/h5-6,9,11H,3-4,7-8H2,1-2H3. The first-order valence-electron chi connectivity index (χ1n) is 6.44. The van der Waals surface area contributed by atoms with Crippen molar-refractivity contribution < 1.29 is 9.47 Å². The van der Waals surface area contributed by atoms with Crippen molar-refractivity contribution in [1.29, 1.82) is 0 Å². The Kier molecular flexibility index (Phi) is 3.35. The van der Waals surface area contributed by atoms with Crippen molar-refractivity contribution in [3.63, 3.8) is 0 Å². The molecule has 19 heavy (non-hydrogen) atoms. The molecule has 0 aliphatic carbocycles. The SMILES string of the molecule is COCC1CN(c2cc(C)cc3ncnn23)CCO1. The molecular formula is C13H18N4O2. The first kappa shape index (κ1) is 12.4. The molecule has 1 aliphatic heterocycles. The summed E-state index contributed by atoms with van der Waals surface area (Å²) in [5.74, 6) is 1.07. The first-order valence-corrected chi connectivity index (χ1v) is 6.44. The van der Waals surface area contributed by atoms with E-state index in [1.165, 1.54) is 5.56 Å². The van der Waals surface area contributed by atoms with Gasteiger partial charge in [-0.3, -0.25) is 0 Å². The predicted molar refractivity (Wildman–Crippen MR) is 71.6 cm³/mol. The summed E-state index contributed by atoms with van der Waals surface area (Å²) in [6.07, 6.45) is 1.70. The van der Waals surface area contributed by atoms with E-state index in [9.17, 15) is 0 Å². The van der Waals surface area contributed by atoms with E-state index in [1.54, 1.807) is 13.4 Å². The van der Waals surface area contributed by atoms with E-state index in [4.69, 9.17) is 9.47 Å². The number of nitrogens with zero attached hydrogens (tertiary/aromatic N) is 4. The Morgan fingerprint density at radius 2 is 2.37 bits per heavy atom. The van der Waals surface area contributed by atoms with E-state index >= 15 is 0 Å². The van der Waals surface area contributed by atoms with Gasteiger partial charge in [-0.1, -0.05) is 0 Å². The topological polar surface area (TPSA) is 51.9 Å². The molecule has 0 amide bonds. The lowest BCUT2D eigenvalue weighted by Gasteiger charge is -2.34. The fourth-order valence-electron chi connectivity index (χ4n) is 2.47. The molecule has 1 atom stereocenters. The van der Waals surface area contributed by atoms with Gasteiger partial charge in [-0.15, -0.1) is 0 Å². The molecule has 0 spiro atoms. The van der Waals surface area contributed by atoms with E-state index in [1.807, 2.05) is 10.6 Å². The molecule has 1 saturated heterocycles. The van der Waals surface area contributed by atoms with Crippen LogP contribution in [0, 0.1) is 6.92 Å². The van der Waals surface area contributed by atoms with Crippen molar-refractivity contribution in [1.82, 2.24) is 14.6 Å². The summed E-state index contributed by atoms with van der Waals surface area (Å²) < 4.78 is 12.7. The van der Waals surface area contributed by atoms with E-state index in [0.29, 0.717) is 13.2 Å². The summed E-state index contributed by atoms with van der Waals surface area (Å²) >= 11 is 0. The Morgan fingerprint density at radius 1 is 1.47 bits per heavy atom. The predicted octanol–water partition coefficient (Wildman–Crippen LogP) is 0.889. The van der Waals surface area contributed by atoms with E-state index < -0.39 is 0 Å².